The van der Waals surface area contributed by atoms with Crippen LogP contribution < -0.4 is 5.19 Å². The maximum Gasteiger partial charge on any atom is 0.223 e. The number of thiophene rings is 1. The van der Waals surface area contributed by atoms with Gasteiger partial charge in [0, 0.05) is 37.0 Å². The van der Waals surface area contributed by atoms with Crippen LogP contribution in [0.2, 0.25) is 0 Å². The molecular weight excluding hydrogens is 326 g/mol. The second-order valence-electron chi connectivity index (χ2n) is 6.31. The minimum atomic E-state index is 0.719. The van der Waals surface area contributed by atoms with Crippen molar-refractivity contribution in [3.8, 4) is 0 Å². The molecule has 1 aliphatic heterocycles. The van der Waals surface area contributed by atoms with Gasteiger partial charge in [-0.05, 0) is 30.7 Å². The van der Waals surface area contributed by atoms with Gasteiger partial charge in [0.05, 0.1) is 0 Å². The molecule has 3 aromatic carbocycles. The molecule has 0 spiro atoms. The Morgan fingerprint density at radius 2 is 1.67 bits per heavy atom. The topological polar surface area (TPSA) is 3.01 Å². The van der Waals surface area contributed by atoms with Crippen molar-refractivity contribution in [2.24, 2.45) is 0 Å². The SMILES string of the molecule is Cc1ccccc1C1=[N+](C)c2cc3sc4ccccc4c3cc2[Si]1. The third-order valence-electron chi connectivity index (χ3n) is 4.85. The van der Waals surface area contributed by atoms with Gasteiger partial charge in [-0.15, -0.1) is 11.3 Å². The lowest BCUT2D eigenvalue weighted by Crippen LogP contribution is -2.21. The van der Waals surface area contributed by atoms with Gasteiger partial charge in [-0.1, -0.05) is 36.4 Å². The molecule has 0 bridgehead atoms. The van der Waals surface area contributed by atoms with E-state index >= 15 is 0 Å². The number of aryl methyl sites for hydroxylation is 1. The molecule has 0 fully saturated rings. The van der Waals surface area contributed by atoms with E-state index in [-0.39, 0.29) is 0 Å². The summed E-state index contributed by atoms with van der Waals surface area (Å²) in [6.07, 6.45) is 0. The fourth-order valence-corrected chi connectivity index (χ4v) is 6.22. The average Bonchev–Trinajstić information content (AvgIpc) is 3.11. The fraction of sp³-hybridized carbons (Fsp3) is 0.0952. The van der Waals surface area contributed by atoms with Crippen LogP contribution in [-0.4, -0.2) is 26.5 Å². The van der Waals surface area contributed by atoms with Crippen LogP contribution in [0.3, 0.4) is 0 Å². The highest BCUT2D eigenvalue weighted by molar-refractivity contribution is 7.25. The molecule has 0 N–H and O–H groups in total. The number of hydrogen-bond acceptors (Lipinski definition) is 1. The van der Waals surface area contributed by atoms with Crippen molar-refractivity contribution in [2.75, 3.05) is 7.05 Å². The summed E-state index contributed by atoms with van der Waals surface area (Å²) in [5, 5.41) is 5.69. The Morgan fingerprint density at radius 1 is 0.875 bits per heavy atom. The van der Waals surface area contributed by atoms with Crippen molar-refractivity contribution in [3.63, 3.8) is 0 Å². The van der Waals surface area contributed by atoms with Gasteiger partial charge < -0.3 is 0 Å². The smallest absolute Gasteiger partial charge is 0.204 e. The van der Waals surface area contributed by atoms with Gasteiger partial charge in [0.1, 0.15) is 7.05 Å². The number of benzene rings is 3. The third kappa shape index (κ3) is 1.95. The molecule has 1 aromatic heterocycles. The number of nitrogens with zero attached hydrogens (tertiary/aromatic N) is 1. The molecule has 5 rings (SSSR count). The lowest BCUT2D eigenvalue weighted by Gasteiger charge is -2.02. The molecule has 4 aromatic rings. The first-order chi connectivity index (χ1) is 11.7. The Kier molecular flexibility index (Phi) is 3.02. The van der Waals surface area contributed by atoms with E-state index in [9.17, 15) is 0 Å². The van der Waals surface area contributed by atoms with Crippen LogP contribution >= 0.6 is 11.3 Å². The summed E-state index contributed by atoms with van der Waals surface area (Å²) in [7, 11) is 2.93. The van der Waals surface area contributed by atoms with Gasteiger partial charge in [0.15, 0.2) is 5.33 Å². The second kappa shape index (κ2) is 5.13. The van der Waals surface area contributed by atoms with Crippen molar-refractivity contribution in [1.82, 2.24) is 0 Å². The van der Waals surface area contributed by atoms with Gasteiger partial charge in [-0.25, -0.2) is 4.58 Å². The zero-order valence-electron chi connectivity index (χ0n) is 13.6. The van der Waals surface area contributed by atoms with Crippen LogP contribution in [0.25, 0.3) is 20.2 Å². The standard InChI is InChI=1S/C21H16NSSi/c1-13-7-3-4-8-14(13)21-22(2)17-12-19-16(11-20(17)24-21)15-9-5-6-10-18(15)23-19/h3-12H,1-2H3/q+1. The predicted octanol–water partition coefficient (Wildman–Crippen LogP) is 4.43. The van der Waals surface area contributed by atoms with Crippen LogP contribution in [-0.2, 0) is 0 Å². The highest BCUT2D eigenvalue weighted by atomic mass is 32.1. The summed E-state index contributed by atoms with van der Waals surface area (Å²) in [4.78, 5) is 0. The highest BCUT2D eigenvalue weighted by Crippen LogP contribution is 2.35. The quantitative estimate of drug-likeness (QED) is 0.356. The molecule has 0 atom stereocenters. The maximum atomic E-state index is 2.42. The molecule has 0 aliphatic carbocycles. The van der Waals surface area contributed by atoms with Crippen LogP contribution in [0.1, 0.15) is 11.1 Å². The Morgan fingerprint density at radius 3 is 2.54 bits per heavy atom. The molecule has 0 amide bonds. The molecule has 0 unspecified atom stereocenters. The zero-order chi connectivity index (χ0) is 16.3. The molecular formula is C21H16NSSi+. The zero-order valence-corrected chi connectivity index (χ0v) is 15.4. The lowest BCUT2D eigenvalue weighted by atomic mass is 10.1. The van der Waals surface area contributed by atoms with Crippen LogP contribution in [0.15, 0.2) is 60.7 Å². The number of rotatable bonds is 1. The second-order valence-corrected chi connectivity index (χ2v) is 8.66. The highest BCUT2D eigenvalue weighted by Gasteiger charge is 2.31. The summed E-state index contributed by atoms with van der Waals surface area (Å²) >= 11 is 1.90. The van der Waals surface area contributed by atoms with Gasteiger partial charge in [0.25, 0.3) is 0 Å². The van der Waals surface area contributed by atoms with Crippen molar-refractivity contribution >= 4 is 57.2 Å². The lowest BCUT2D eigenvalue weighted by molar-refractivity contribution is -0.398. The Bertz CT molecular complexity index is 1150. The van der Waals surface area contributed by atoms with Crippen molar-refractivity contribution in [3.05, 3.63) is 71.8 Å². The van der Waals surface area contributed by atoms with Gasteiger partial charge in [-0.3, -0.25) is 0 Å². The van der Waals surface area contributed by atoms with Gasteiger partial charge in [0.2, 0.25) is 15.2 Å². The van der Waals surface area contributed by atoms with E-state index in [2.05, 4.69) is 79.2 Å². The summed E-state index contributed by atoms with van der Waals surface area (Å²) in [5.41, 5.74) is 4.10. The van der Waals surface area contributed by atoms with Gasteiger partial charge >= 0.3 is 0 Å². The largest absolute Gasteiger partial charge is 0.223 e. The summed E-state index contributed by atoms with van der Waals surface area (Å²) in [5.74, 6) is 0. The Balaban J connectivity index is 1.74. The predicted molar refractivity (Wildman–Crippen MR) is 106 cm³/mol. The molecule has 114 valence electrons. The minimum absolute atomic E-state index is 0.719. The third-order valence-corrected chi connectivity index (χ3v) is 7.49. The first-order valence-electron chi connectivity index (χ1n) is 8.11. The first-order valence-corrected chi connectivity index (χ1v) is 9.93. The van der Waals surface area contributed by atoms with E-state index in [1.54, 1.807) is 0 Å². The molecule has 1 aliphatic rings. The van der Waals surface area contributed by atoms with Crippen LogP contribution in [0, 0.1) is 6.92 Å². The number of hydrogen-bond donors (Lipinski definition) is 0. The average molecular weight is 343 g/mol. The van der Waals surface area contributed by atoms with E-state index in [4.69, 9.17) is 0 Å². The van der Waals surface area contributed by atoms with E-state index in [0.717, 1.165) is 9.52 Å². The maximum absolute atomic E-state index is 2.42. The van der Waals surface area contributed by atoms with E-state index in [1.807, 2.05) is 11.3 Å². The Labute approximate surface area is 147 Å². The van der Waals surface area contributed by atoms with Crippen LogP contribution in [0.5, 0.6) is 0 Å². The van der Waals surface area contributed by atoms with Gasteiger partial charge in [-0.2, -0.15) is 0 Å². The summed E-state index contributed by atoms with van der Waals surface area (Å²) in [6.45, 7) is 2.20. The van der Waals surface area contributed by atoms with Crippen LogP contribution in [0.4, 0.5) is 5.69 Å². The molecule has 0 saturated heterocycles. The molecule has 3 heteroatoms. The molecule has 2 radical (unpaired) electrons. The van der Waals surface area contributed by atoms with E-state index in [1.165, 1.54) is 47.5 Å². The Hall–Kier alpha value is -2.23. The number of fused-ring (bicyclic) bond motifs is 4. The fourth-order valence-electron chi connectivity index (χ4n) is 3.56. The van der Waals surface area contributed by atoms with E-state index < -0.39 is 0 Å². The normalized spacial score (nSPS) is 13.9. The van der Waals surface area contributed by atoms with Crippen molar-refractivity contribution in [1.29, 1.82) is 0 Å². The van der Waals surface area contributed by atoms with Crippen molar-refractivity contribution in [2.45, 2.75) is 6.92 Å². The van der Waals surface area contributed by atoms with E-state index in [0.29, 0.717) is 0 Å². The minimum Gasteiger partial charge on any atom is -0.204 e. The molecule has 24 heavy (non-hydrogen) atoms. The first kappa shape index (κ1) is 14.1. The van der Waals surface area contributed by atoms with Crippen molar-refractivity contribution < 1.29 is 4.58 Å². The monoisotopic (exact) mass is 342 g/mol. The summed E-state index contributed by atoms with van der Waals surface area (Å²) < 4.78 is 5.16. The molecule has 2 heterocycles. The molecule has 0 saturated carbocycles. The summed E-state index contributed by atoms with van der Waals surface area (Å²) in [6, 6.07) is 22.3. The molecule has 1 nitrogen and oxygen atoms in total.